The average molecular weight is 178 g/mol. The summed E-state index contributed by atoms with van der Waals surface area (Å²) in [4.78, 5) is 15.3. The number of aromatic amines is 1. The molecule has 12 heavy (non-hydrogen) atoms. The molecule has 0 radical (unpaired) electrons. The van der Waals surface area contributed by atoms with Crippen LogP contribution in [-0.2, 0) is 5.92 Å². The molecule has 0 amide bonds. The molecule has 1 aromatic rings. The van der Waals surface area contributed by atoms with E-state index in [9.17, 15) is 18.0 Å². The van der Waals surface area contributed by atoms with Crippen molar-refractivity contribution in [2.24, 2.45) is 0 Å². The fourth-order valence-electron chi connectivity index (χ4n) is 0.689. The predicted molar refractivity (Wildman–Crippen MR) is 34.4 cm³/mol. The number of hydrogen-bond donors (Lipinski definition) is 1. The Balaban J connectivity index is 3.36. The first kappa shape index (κ1) is 8.76. The van der Waals surface area contributed by atoms with Crippen LogP contribution >= 0.6 is 0 Å². The molecule has 0 spiro atoms. The second-order valence-electron chi connectivity index (χ2n) is 2.28. The Morgan fingerprint density at radius 1 is 1.58 bits per heavy atom. The maximum absolute atomic E-state index is 12.6. The van der Waals surface area contributed by atoms with Crippen LogP contribution < -0.4 is 5.56 Å². The van der Waals surface area contributed by atoms with Gasteiger partial charge < -0.3 is 4.98 Å². The zero-order valence-electron chi connectivity index (χ0n) is 6.07. The molecule has 0 aliphatic carbocycles. The topological polar surface area (TPSA) is 45.8 Å². The normalized spacial score (nSPS) is 11.7. The molecule has 1 heterocycles. The third-order valence-corrected chi connectivity index (χ3v) is 1.21. The van der Waals surface area contributed by atoms with Crippen LogP contribution in [0, 0.1) is 5.82 Å². The van der Waals surface area contributed by atoms with E-state index in [1.807, 2.05) is 4.98 Å². The van der Waals surface area contributed by atoms with Crippen molar-refractivity contribution in [3.8, 4) is 0 Å². The summed E-state index contributed by atoms with van der Waals surface area (Å²) in [5.41, 5.74) is -2.33. The van der Waals surface area contributed by atoms with Crippen molar-refractivity contribution in [3.05, 3.63) is 28.2 Å². The van der Waals surface area contributed by atoms with Crippen molar-refractivity contribution in [3.63, 3.8) is 0 Å². The zero-order valence-corrected chi connectivity index (χ0v) is 6.07. The van der Waals surface area contributed by atoms with Crippen molar-refractivity contribution in [1.29, 1.82) is 0 Å². The van der Waals surface area contributed by atoms with Gasteiger partial charge in [0, 0.05) is 6.92 Å². The number of halogens is 3. The Hall–Kier alpha value is -1.33. The number of nitrogens with one attached hydrogen (secondary N) is 1. The van der Waals surface area contributed by atoms with Crippen molar-refractivity contribution in [2.75, 3.05) is 0 Å². The molecular formula is C6H5F3N2O. The van der Waals surface area contributed by atoms with Gasteiger partial charge in [-0.3, -0.25) is 4.79 Å². The SMILES string of the molecule is CC(F)(F)c1nc[nH]c(=O)c1F. The Morgan fingerprint density at radius 2 is 2.17 bits per heavy atom. The lowest BCUT2D eigenvalue weighted by atomic mass is 10.2. The van der Waals surface area contributed by atoms with E-state index in [4.69, 9.17) is 0 Å². The van der Waals surface area contributed by atoms with E-state index in [-0.39, 0.29) is 0 Å². The minimum atomic E-state index is -3.43. The molecule has 0 aromatic carbocycles. The van der Waals surface area contributed by atoms with Gasteiger partial charge in [0.1, 0.15) is 0 Å². The highest BCUT2D eigenvalue weighted by atomic mass is 19.3. The molecule has 1 N–H and O–H groups in total. The van der Waals surface area contributed by atoms with E-state index in [2.05, 4.69) is 4.98 Å². The Bertz CT molecular complexity index is 341. The standard InChI is InChI=1S/C6H5F3N2O/c1-6(8,9)4-3(7)5(12)11-2-10-4/h2H,1H3,(H,10,11,12). The molecule has 66 valence electrons. The van der Waals surface area contributed by atoms with Gasteiger partial charge in [0.05, 0.1) is 6.33 Å². The molecule has 3 nitrogen and oxygen atoms in total. The molecular weight excluding hydrogens is 173 g/mol. The van der Waals surface area contributed by atoms with Crippen molar-refractivity contribution >= 4 is 0 Å². The van der Waals surface area contributed by atoms with Crippen molar-refractivity contribution in [2.45, 2.75) is 12.8 Å². The number of hydrogen-bond acceptors (Lipinski definition) is 2. The molecule has 0 fully saturated rings. The number of alkyl halides is 2. The summed E-state index contributed by atoms with van der Waals surface area (Å²) in [6, 6.07) is 0. The van der Waals surface area contributed by atoms with Crippen LogP contribution in [-0.4, -0.2) is 9.97 Å². The molecule has 6 heteroatoms. The molecule has 0 saturated heterocycles. The molecule has 0 bridgehead atoms. The van der Waals surface area contributed by atoms with Crippen LogP contribution in [0.25, 0.3) is 0 Å². The molecule has 1 aromatic heterocycles. The van der Waals surface area contributed by atoms with E-state index < -0.39 is 23.0 Å². The van der Waals surface area contributed by atoms with Gasteiger partial charge >= 0.3 is 0 Å². The van der Waals surface area contributed by atoms with E-state index >= 15 is 0 Å². The van der Waals surface area contributed by atoms with Crippen LogP contribution in [0.15, 0.2) is 11.1 Å². The van der Waals surface area contributed by atoms with E-state index in [1.165, 1.54) is 0 Å². The first-order valence-electron chi connectivity index (χ1n) is 3.04. The summed E-state index contributed by atoms with van der Waals surface area (Å²) in [6.45, 7) is 0.470. The van der Waals surface area contributed by atoms with Gasteiger partial charge in [0.15, 0.2) is 5.69 Å². The second-order valence-corrected chi connectivity index (χ2v) is 2.28. The second kappa shape index (κ2) is 2.62. The Labute approximate surface area is 65.3 Å². The molecule has 1 rings (SSSR count). The van der Waals surface area contributed by atoms with Crippen LogP contribution in [0.5, 0.6) is 0 Å². The Kier molecular flexibility index (Phi) is 1.91. The summed E-state index contributed by atoms with van der Waals surface area (Å²) in [7, 11) is 0. The number of rotatable bonds is 1. The van der Waals surface area contributed by atoms with Crippen LogP contribution in [0.2, 0.25) is 0 Å². The van der Waals surface area contributed by atoms with Crippen LogP contribution in [0.4, 0.5) is 13.2 Å². The van der Waals surface area contributed by atoms with Gasteiger partial charge in [-0.25, -0.2) is 4.98 Å². The molecule has 0 aliphatic rings. The van der Waals surface area contributed by atoms with E-state index in [1.54, 1.807) is 0 Å². The lowest BCUT2D eigenvalue weighted by Gasteiger charge is -2.08. The summed E-state index contributed by atoms with van der Waals surface area (Å²) < 4.78 is 37.5. The predicted octanol–water partition coefficient (Wildman–Crippen LogP) is 1.02. The number of nitrogens with zero attached hydrogens (tertiary/aromatic N) is 1. The van der Waals surface area contributed by atoms with Crippen molar-refractivity contribution < 1.29 is 13.2 Å². The lowest BCUT2D eigenvalue weighted by molar-refractivity contribution is 0.00828. The first-order chi connectivity index (χ1) is 5.43. The molecule has 0 saturated carbocycles. The van der Waals surface area contributed by atoms with E-state index in [0.717, 1.165) is 6.33 Å². The van der Waals surface area contributed by atoms with Crippen LogP contribution in [0.3, 0.4) is 0 Å². The molecule has 0 atom stereocenters. The lowest BCUT2D eigenvalue weighted by Crippen LogP contribution is -2.21. The summed E-state index contributed by atoms with van der Waals surface area (Å²) in [6.07, 6.45) is 0.734. The third-order valence-electron chi connectivity index (χ3n) is 1.21. The monoisotopic (exact) mass is 178 g/mol. The third kappa shape index (κ3) is 1.46. The highest BCUT2D eigenvalue weighted by molar-refractivity contribution is 5.07. The quantitative estimate of drug-likeness (QED) is 0.697. The largest absolute Gasteiger partial charge is 0.311 e. The minimum Gasteiger partial charge on any atom is -0.311 e. The van der Waals surface area contributed by atoms with Gasteiger partial charge in [-0.2, -0.15) is 13.2 Å². The van der Waals surface area contributed by atoms with E-state index in [0.29, 0.717) is 6.92 Å². The van der Waals surface area contributed by atoms with Crippen molar-refractivity contribution in [1.82, 2.24) is 9.97 Å². The highest BCUT2D eigenvalue weighted by Crippen LogP contribution is 2.24. The van der Waals surface area contributed by atoms with Crippen LogP contribution in [0.1, 0.15) is 12.6 Å². The van der Waals surface area contributed by atoms with Gasteiger partial charge in [0.25, 0.3) is 11.5 Å². The number of aromatic nitrogens is 2. The fraction of sp³-hybridized carbons (Fsp3) is 0.333. The maximum atomic E-state index is 12.6. The van der Waals surface area contributed by atoms with Gasteiger partial charge in [0.2, 0.25) is 5.82 Å². The first-order valence-corrected chi connectivity index (χ1v) is 3.04. The molecule has 0 unspecified atom stereocenters. The summed E-state index contributed by atoms with van der Waals surface area (Å²) in [5, 5.41) is 0. The molecule has 0 aliphatic heterocycles. The minimum absolute atomic E-state index is 0.470. The fourth-order valence-corrected chi connectivity index (χ4v) is 0.689. The number of H-pyrrole nitrogens is 1. The summed E-state index contributed by atoms with van der Waals surface area (Å²) in [5.74, 6) is -4.97. The Morgan fingerprint density at radius 3 is 2.58 bits per heavy atom. The smallest absolute Gasteiger partial charge is 0.290 e. The maximum Gasteiger partial charge on any atom is 0.290 e. The van der Waals surface area contributed by atoms with Gasteiger partial charge in [-0.1, -0.05) is 0 Å². The summed E-state index contributed by atoms with van der Waals surface area (Å²) >= 11 is 0. The van der Waals surface area contributed by atoms with Gasteiger partial charge in [-0.05, 0) is 0 Å². The highest BCUT2D eigenvalue weighted by Gasteiger charge is 2.31. The average Bonchev–Trinajstić information content (AvgIpc) is 1.92. The van der Waals surface area contributed by atoms with Gasteiger partial charge in [-0.15, -0.1) is 0 Å². The zero-order chi connectivity index (χ0) is 9.35.